The molecule has 1 aromatic carbocycles. The van der Waals surface area contributed by atoms with Crippen LogP contribution in [0.15, 0.2) is 174 Å². The molecule has 11 heterocycles. The highest BCUT2D eigenvalue weighted by Gasteiger charge is 2.48. The van der Waals surface area contributed by atoms with Crippen LogP contribution >= 0.6 is 56.7 Å². The van der Waals surface area contributed by atoms with Crippen LogP contribution < -0.4 is 0 Å². The summed E-state index contributed by atoms with van der Waals surface area (Å²) in [6.07, 6.45) is 22.4. The molecule has 1 aliphatic heterocycles. The van der Waals surface area contributed by atoms with Gasteiger partial charge in [0.2, 0.25) is 0 Å². The number of rotatable bonds is 0. The van der Waals surface area contributed by atoms with Gasteiger partial charge >= 0.3 is 0 Å². The maximum Gasteiger partial charge on any atom is 0.136 e. The molecular weight excluding hydrogens is 1090 g/mol. The maximum atomic E-state index is 5.15. The Morgan fingerprint density at radius 3 is 1.62 bits per heavy atom. The summed E-state index contributed by atoms with van der Waals surface area (Å²) in [5.74, 6) is 3.48. The van der Waals surface area contributed by atoms with E-state index in [0.29, 0.717) is 6.10 Å². The average molecular weight is 1170 g/mol. The molecule has 16 heteroatoms. The maximum absolute atomic E-state index is 5.15. The van der Waals surface area contributed by atoms with Crippen molar-refractivity contribution in [1.82, 2.24) is 44.5 Å². The van der Waals surface area contributed by atoms with Crippen LogP contribution in [-0.2, 0) is 9.47 Å². The summed E-state index contributed by atoms with van der Waals surface area (Å²) >= 11 is 8.59. The number of ether oxygens (including phenoxy) is 2. The Morgan fingerprint density at radius 1 is 0.588 bits per heavy atom. The zero-order chi connectivity index (χ0) is 58.2. The molecule has 0 spiro atoms. The van der Waals surface area contributed by atoms with Crippen LogP contribution in [0, 0.1) is 80.1 Å². The number of nitrogens with zero attached hydrogens (tertiary/aromatic N) is 8. The number of hydrogen-bond acceptors (Lipinski definition) is 14. The van der Waals surface area contributed by atoms with Gasteiger partial charge in [0.05, 0.1) is 22.6 Å². The molecule has 11 nitrogen and oxygen atoms in total. The largest absolute Gasteiger partial charge is 0.388 e. The lowest BCUT2D eigenvalue weighted by Crippen LogP contribution is -1.94. The minimum absolute atomic E-state index is 0.546. The lowest BCUT2D eigenvalue weighted by Gasteiger charge is -1.94. The van der Waals surface area contributed by atoms with E-state index < -0.39 is 0 Å². The molecule has 80 heavy (non-hydrogen) atoms. The molecule has 3 aliphatic rings. The Balaban J connectivity index is 0.000000231. The second-order valence-electron chi connectivity index (χ2n) is 18.9. The monoisotopic (exact) mass is 1170 g/mol. The van der Waals surface area contributed by atoms with Gasteiger partial charge in [-0.15, -0.1) is 56.7 Å². The van der Waals surface area contributed by atoms with Crippen molar-refractivity contribution in [3.8, 4) is 0 Å². The highest BCUT2D eigenvalue weighted by atomic mass is 32.1. The summed E-state index contributed by atoms with van der Waals surface area (Å²) in [5, 5.41) is 11.9. The van der Waals surface area contributed by atoms with E-state index in [0.717, 1.165) is 35.3 Å². The Bertz CT molecular complexity index is 2790. The van der Waals surface area contributed by atoms with Crippen molar-refractivity contribution in [2.24, 2.45) is 17.8 Å². The zero-order valence-electron chi connectivity index (χ0n) is 49.2. The van der Waals surface area contributed by atoms with Crippen molar-refractivity contribution in [3.05, 3.63) is 222 Å². The third-order valence-corrected chi connectivity index (χ3v) is 15.7. The number of hydrogen-bond donors (Lipinski definition) is 1. The number of methoxy groups -OCH3 is 1. The number of aromatic amines is 1. The van der Waals surface area contributed by atoms with Gasteiger partial charge in [-0.2, -0.15) is 5.10 Å². The molecular formula is C64H85N9O2S5. The van der Waals surface area contributed by atoms with E-state index in [-0.39, 0.29) is 0 Å². The zero-order valence-corrected chi connectivity index (χ0v) is 53.3. The number of imidazole rings is 1. The molecule has 2 aliphatic carbocycles. The second kappa shape index (κ2) is 41.8. The molecule has 1 N–H and O–H groups in total. The van der Waals surface area contributed by atoms with Crippen LogP contribution in [0.2, 0.25) is 0 Å². The molecule has 0 radical (unpaired) electrons. The number of H-pyrrole nitrogens is 1. The van der Waals surface area contributed by atoms with Gasteiger partial charge in [0, 0.05) is 123 Å². The highest BCUT2D eigenvalue weighted by molar-refractivity contribution is 7.19. The third kappa shape index (κ3) is 31.6. The topological polar surface area (TPSA) is 129 Å². The summed E-state index contributed by atoms with van der Waals surface area (Å²) in [7, 11) is 3.25. The van der Waals surface area contributed by atoms with E-state index in [1.165, 1.54) is 72.0 Å². The van der Waals surface area contributed by atoms with Gasteiger partial charge in [-0.1, -0.05) is 55.8 Å². The molecule has 10 aromatic heterocycles. The molecule has 14 rings (SSSR count). The number of pyridine rings is 3. The van der Waals surface area contributed by atoms with E-state index in [1.54, 1.807) is 91.0 Å². The first-order valence-corrected chi connectivity index (χ1v) is 31.2. The summed E-state index contributed by atoms with van der Waals surface area (Å²) in [6.45, 7) is 23.8. The van der Waals surface area contributed by atoms with Crippen molar-refractivity contribution < 1.29 is 9.47 Å². The van der Waals surface area contributed by atoms with Gasteiger partial charge in [0.1, 0.15) is 5.65 Å². The summed E-state index contributed by atoms with van der Waals surface area (Å²) in [5.41, 5.74) is 12.2. The number of nitrogens with one attached hydrogen (secondary N) is 1. The van der Waals surface area contributed by atoms with Crippen LogP contribution in [0.1, 0.15) is 93.8 Å². The van der Waals surface area contributed by atoms with Gasteiger partial charge < -0.3 is 13.9 Å². The van der Waals surface area contributed by atoms with E-state index >= 15 is 0 Å². The quantitative estimate of drug-likeness (QED) is 0.158. The molecule has 3 unspecified atom stereocenters. The van der Waals surface area contributed by atoms with Crippen molar-refractivity contribution in [3.63, 3.8) is 0 Å². The lowest BCUT2D eigenvalue weighted by atomic mass is 10.2. The highest BCUT2D eigenvalue weighted by Crippen LogP contribution is 2.56. The Kier molecular flexibility index (Phi) is 35.6. The predicted molar refractivity (Wildman–Crippen MR) is 345 cm³/mol. The molecule has 0 amide bonds. The minimum Gasteiger partial charge on any atom is -0.388 e. The van der Waals surface area contributed by atoms with Gasteiger partial charge in [-0.3, -0.25) is 30.0 Å². The van der Waals surface area contributed by atoms with Crippen LogP contribution in [-0.4, -0.2) is 71.4 Å². The van der Waals surface area contributed by atoms with E-state index in [4.69, 9.17) is 4.74 Å². The van der Waals surface area contributed by atoms with Crippen molar-refractivity contribution in [2.45, 2.75) is 114 Å². The number of aromatic nitrogens is 9. The molecule has 3 fully saturated rings. The number of benzene rings is 1. The summed E-state index contributed by atoms with van der Waals surface area (Å²) in [4.78, 5) is 29.0. The van der Waals surface area contributed by atoms with Crippen molar-refractivity contribution >= 4 is 72.4 Å². The van der Waals surface area contributed by atoms with Gasteiger partial charge in [0.15, 0.2) is 0 Å². The third-order valence-electron chi connectivity index (χ3n) is 11.7. The molecule has 11 aromatic rings. The number of thiazole rings is 3. The number of thiophene rings is 2. The fraction of sp³-hybridized carbons (Fsp3) is 0.359. The van der Waals surface area contributed by atoms with Crippen LogP contribution in [0.4, 0.5) is 0 Å². The first-order chi connectivity index (χ1) is 38.7. The second-order valence-corrected chi connectivity index (χ2v) is 24.2. The van der Waals surface area contributed by atoms with Crippen LogP contribution in [0.25, 0.3) is 15.7 Å². The van der Waals surface area contributed by atoms with Crippen LogP contribution in [0.5, 0.6) is 0 Å². The fourth-order valence-corrected chi connectivity index (χ4v) is 10.3. The van der Waals surface area contributed by atoms with Crippen molar-refractivity contribution in [2.75, 3.05) is 20.8 Å². The standard InChI is InChI=1S/C9H8S.C8H8N2.C7H12.2C6H7N.C5H10O.C5H6S.C4H6N2.3C4H5NS.C2H6O/c1-7-6-8-4-2-3-5-9(8)10-7;1-7-6-9-8-4-2-3-5-10(7)8;1-5-6-3-2-4-7(5)6;1-6-3-2-4-7-5-6;1-6-4-2-3-5-7-6;2*1-5-3-2-4-6-5;1-4-2-3-5-6-4;1-4-2-6-3-5-4;2*1-4-2-5-3-6-4;1-3-2/h2*2-6H,1H3;5-7H,2-4H2,1H3;2*2-5H,1H3;5H,2-4H2,1H3;2-4H,1H3;2-3H,1H3,(H,5,6);3*2-3H,1H3;1-2H3. The van der Waals surface area contributed by atoms with Gasteiger partial charge in [0.25, 0.3) is 0 Å². The Labute approximate surface area is 497 Å². The molecule has 2 saturated carbocycles. The number of fused-ring (bicyclic) bond motifs is 3. The predicted octanol–water partition coefficient (Wildman–Crippen LogP) is 18.3. The summed E-state index contributed by atoms with van der Waals surface area (Å²) in [6, 6.07) is 32.6. The summed E-state index contributed by atoms with van der Waals surface area (Å²) < 4.78 is 12.8. The first-order valence-electron chi connectivity index (χ1n) is 26.8. The normalized spacial score (nSPS) is 15.3. The Morgan fingerprint density at radius 2 is 1.29 bits per heavy atom. The van der Waals surface area contributed by atoms with Crippen molar-refractivity contribution in [1.29, 1.82) is 0 Å². The van der Waals surface area contributed by atoms with Crippen LogP contribution in [0.3, 0.4) is 0 Å². The smallest absolute Gasteiger partial charge is 0.136 e. The van der Waals surface area contributed by atoms with E-state index in [1.807, 2.05) is 167 Å². The molecule has 3 atom stereocenters. The average Bonchev–Trinajstić information content (AvgIpc) is 4.31. The SMILES string of the molecule is CC1C2CCCC12.CC1CCCO1.COC.Cc1cc2ccccc2s1.Cc1ccccn1.Cc1cccnc1.Cc1cccs1.Cc1ccn[nH]1.Cc1cnc2ccccn12.Cc1cncs1.Cc1cncs1.Cc1cscn1. The molecule has 428 valence electrons. The Hall–Kier alpha value is -6.11. The minimum atomic E-state index is 0.546. The van der Waals surface area contributed by atoms with Gasteiger partial charge in [-0.25, -0.2) is 4.98 Å². The lowest BCUT2D eigenvalue weighted by molar-refractivity contribution is 0.125. The van der Waals surface area contributed by atoms with Gasteiger partial charge in [-0.05, 0) is 184 Å². The van der Waals surface area contributed by atoms with E-state index in [9.17, 15) is 0 Å². The fourth-order valence-electron chi connectivity index (χ4n) is 7.51. The molecule has 0 bridgehead atoms. The first kappa shape index (κ1) is 68.2. The molecule has 1 saturated heterocycles. The van der Waals surface area contributed by atoms with E-state index in [2.05, 4.69) is 125 Å². The number of aryl methyl sites for hydroxylation is 9.